The lowest BCUT2D eigenvalue weighted by Crippen LogP contribution is -2.08. The molecule has 3 aromatic rings. The molecule has 0 bridgehead atoms. The average molecular weight is 326 g/mol. The fourth-order valence-electron chi connectivity index (χ4n) is 2.58. The number of rotatable bonds is 4. The molecule has 6 nitrogen and oxygen atoms in total. The summed E-state index contributed by atoms with van der Waals surface area (Å²) in [5.41, 5.74) is 0.268. The van der Waals surface area contributed by atoms with E-state index in [9.17, 15) is 14.4 Å². The Labute approximate surface area is 136 Å². The highest BCUT2D eigenvalue weighted by Crippen LogP contribution is 2.28. The van der Waals surface area contributed by atoms with E-state index in [-0.39, 0.29) is 45.3 Å². The van der Waals surface area contributed by atoms with Crippen molar-refractivity contribution in [2.75, 3.05) is 7.11 Å². The summed E-state index contributed by atoms with van der Waals surface area (Å²) < 4.78 is 10.9. The van der Waals surface area contributed by atoms with E-state index in [2.05, 4.69) is 0 Å². The van der Waals surface area contributed by atoms with E-state index >= 15 is 0 Å². The molecule has 24 heavy (non-hydrogen) atoms. The molecule has 122 valence electrons. The van der Waals surface area contributed by atoms with E-state index in [4.69, 9.17) is 14.3 Å². The van der Waals surface area contributed by atoms with Crippen LogP contribution in [0.1, 0.15) is 34.1 Å². The molecular weight excluding hydrogens is 312 g/mol. The molecule has 1 heterocycles. The summed E-state index contributed by atoms with van der Waals surface area (Å²) in [6.45, 7) is 1.71. The number of ketones is 1. The van der Waals surface area contributed by atoms with Crippen molar-refractivity contribution < 1.29 is 23.8 Å². The monoisotopic (exact) mass is 326 g/mol. The first-order chi connectivity index (χ1) is 11.5. The fourth-order valence-corrected chi connectivity index (χ4v) is 2.58. The summed E-state index contributed by atoms with van der Waals surface area (Å²) in [4.78, 5) is 36.1. The number of carbonyl (C=O) groups is 2. The zero-order valence-corrected chi connectivity index (χ0v) is 13.1. The van der Waals surface area contributed by atoms with Crippen molar-refractivity contribution in [3.63, 3.8) is 0 Å². The molecule has 0 atom stereocenters. The van der Waals surface area contributed by atoms with E-state index in [1.807, 2.05) is 0 Å². The van der Waals surface area contributed by atoms with Gasteiger partial charge < -0.3 is 14.3 Å². The van der Waals surface area contributed by atoms with Gasteiger partial charge in [-0.2, -0.15) is 0 Å². The average Bonchev–Trinajstić information content (AvgIpc) is 2.60. The molecule has 0 unspecified atom stereocenters. The van der Waals surface area contributed by atoms with Crippen LogP contribution < -0.4 is 10.2 Å². The first-order valence-corrected chi connectivity index (χ1v) is 7.31. The van der Waals surface area contributed by atoms with Crippen molar-refractivity contribution in [1.82, 2.24) is 0 Å². The van der Waals surface area contributed by atoms with Gasteiger partial charge in [0.15, 0.2) is 5.78 Å². The normalized spacial score (nSPS) is 10.9. The van der Waals surface area contributed by atoms with Crippen molar-refractivity contribution in [3.8, 4) is 5.75 Å². The van der Waals surface area contributed by atoms with Gasteiger partial charge in [0.05, 0.1) is 29.0 Å². The van der Waals surface area contributed by atoms with E-state index in [1.165, 1.54) is 37.4 Å². The number of hydrogen-bond donors (Lipinski definition) is 1. The maximum Gasteiger partial charge on any atom is 0.335 e. The van der Waals surface area contributed by atoms with Gasteiger partial charge in [0.1, 0.15) is 16.9 Å². The number of Topliss-reactive ketones (excluding diaryl/α,β-unsaturated/α-hetero) is 1. The third-order valence-electron chi connectivity index (χ3n) is 3.85. The number of aromatic carboxylic acids is 1. The molecule has 0 radical (unpaired) electrons. The molecule has 1 N–H and O–H groups in total. The summed E-state index contributed by atoms with van der Waals surface area (Å²) >= 11 is 0. The maximum absolute atomic E-state index is 12.8. The third-order valence-corrected chi connectivity index (χ3v) is 3.85. The topological polar surface area (TPSA) is 93.8 Å². The summed E-state index contributed by atoms with van der Waals surface area (Å²) in [7, 11) is 1.44. The smallest absolute Gasteiger partial charge is 0.335 e. The summed E-state index contributed by atoms with van der Waals surface area (Å²) in [6.07, 6.45) is 0.252. The number of methoxy groups -OCH3 is 1. The SMILES string of the molecule is CCC(=O)c1cc(OC)cc2c(=O)c3cc(C(=O)O)ccc3oc12. The number of carboxylic acids is 1. The molecule has 0 amide bonds. The Kier molecular flexibility index (Phi) is 3.81. The van der Waals surface area contributed by atoms with Crippen molar-refractivity contribution >= 4 is 33.7 Å². The van der Waals surface area contributed by atoms with Crippen LogP contribution in [0.25, 0.3) is 21.9 Å². The van der Waals surface area contributed by atoms with Crippen LogP contribution in [0.5, 0.6) is 5.75 Å². The summed E-state index contributed by atoms with van der Waals surface area (Å²) in [6, 6.07) is 7.06. The molecule has 2 aromatic carbocycles. The summed E-state index contributed by atoms with van der Waals surface area (Å²) in [5, 5.41) is 9.41. The molecule has 0 saturated heterocycles. The first kappa shape index (κ1) is 15.7. The molecule has 0 spiro atoms. The van der Waals surface area contributed by atoms with E-state index in [1.54, 1.807) is 6.92 Å². The predicted octanol–water partition coefficient (Wildman–Crippen LogP) is 3.25. The largest absolute Gasteiger partial charge is 0.497 e. The molecule has 0 saturated carbocycles. The lowest BCUT2D eigenvalue weighted by Gasteiger charge is -2.09. The molecule has 3 rings (SSSR count). The lowest BCUT2D eigenvalue weighted by atomic mass is 10.0. The Morgan fingerprint density at radius 3 is 2.54 bits per heavy atom. The second-order valence-electron chi connectivity index (χ2n) is 5.28. The van der Waals surface area contributed by atoms with Crippen molar-refractivity contribution in [2.45, 2.75) is 13.3 Å². The minimum absolute atomic E-state index is 0.0121. The van der Waals surface area contributed by atoms with Gasteiger partial charge in [0, 0.05) is 6.42 Å². The van der Waals surface area contributed by atoms with Crippen LogP contribution in [0.3, 0.4) is 0 Å². The van der Waals surface area contributed by atoms with Gasteiger partial charge in [-0.25, -0.2) is 4.79 Å². The number of hydrogen-bond acceptors (Lipinski definition) is 5. The molecular formula is C18H14O6. The van der Waals surface area contributed by atoms with Crippen molar-refractivity contribution in [1.29, 1.82) is 0 Å². The van der Waals surface area contributed by atoms with Crippen LogP contribution in [-0.2, 0) is 0 Å². The van der Waals surface area contributed by atoms with Crippen molar-refractivity contribution in [3.05, 3.63) is 51.7 Å². The number of carbonyl (C=O) groups excluding carboxylic acids is 1. The number of carboxylic acid groups (broad SMARTS) is 1. The highest BCUT2D eigenvalue weighted by atomic mass is 16.5. The quantitative estimate of drug-likeness (QED) is 0.584. The zero-order valence-electron chi connectivity index (χ0n) is 13.1. The Hall–Kier alpha value is -3.15. The highest BCUT2D eigenvalue weighted by molar-refractivity contribution is 6.08. The van der Waals surface area contributed by atoms with Crippen LogP contribution >= 0.6 is 0 Å². The predicted molar refractivity (Wildman–Crippen MR) is 88.1 cm³/mol. The standard InChI is InChI=1S/C18H14O6/c1-3-14(19)11-7-10(23-2)8-13-16(20)12-6-9(18(21)22)4-5-15(12)24-17(11)13/h4-8H,3H2,1-2H3,(H,21,22). The van der Waals surface area contributed by atoms with Gasteiger partial charge in [0.2, 0.25) is 5.43 Å². The van der Waals surface area contributed by atoms with Gasteiger partial charge in [-0.05, 0) is 30.3 Å². The molecule has 0 fully saturated rings. The number of ether oxygens (including phenoxy) is 1. The van der Waals surface area contributed by atoms with Gasteiger partial charge >= 0.3 is 5.97 Å². The Morgan fingerprint density at radius 2 is 1.92 bits per heavy atom. The third kappa shape index (κ3) is 2.42. The molecule has 0 aliphatic carbocycles. The minimum Gasteiger partial charge on any atom is -0.497 e. The number of benzene rings is 2. The maximum atomic E-state index is 12.8. The van der Waals surface area contributed by atoms with Crippen LogP contribution in [0.15, 0.2) is 39.5 Å². The van der Waals surface area contributed by atoms with Crippen LogP contribution in [-0.4, -0.2) is 24.0 Å². The molecule has 0 aliphatic rings. The van der Waals surface area contributed by atoms with Crippen LogP contribution in [0.2, 0.25) is 0 Å². The summed E-state index contributed by atoms with van der Waals surface area (Å²) in [5.74, 6) is -0.951. The van der Waals surface area contributed by atoms with Gasteiger partial charge in [-0.15, -0.1) is 0 Å². The van der Waals surface area contributed by atoms with Gasteiger partial charge in [0.25, 0.3) is 0 Å². The van der Waals surface area contributed by atoms with Crippen molar-refractivity contribution in [2.24, 2.45) is 0 Å². The Balaban J connectivity index is 2.47. The molecule has 6 heteroatoms. The number of fused-ring (bicyclic) bond motifs is 2. The first-order valence-electron chi connectivity index (χ1n) is 7.31. The molecule has 0 aliphatic heterocycles. The van der Waals surface area contributed by atoms with Gasteiger partial charge in [-0.3, -0.25) is 9.59 Å². The zero-order chi connectivity index (χ0) is 17.4. The fraction of sp³-hybridized carbons (Fsp3) is 0.167. The van der Waals surface area contributed by atoms with E-state index in [0.29, 0.717) is 5.75 Å². The van der Waals surface area contributed by atoms with Gasteiger partial charge in [-0.1, -0.05) is 6.92 Å². The van der Waals surface area contributed by atoms with Crippen LogP contribution in [0.4, 0.5) is 0 Å². The lowest BCUT2D eigenvalue weighted by molar-refractivity contribution is 0.0697. The Bertz CT molecular complexity index is 1040. The van der Waals surface area contributed by atoms with Crippen LogP contribution in [0, 0.1) is 0 Å². The highest BCUT2D eigenvalue weighted by Gasteiger charge is 2.18. The second-order valence-corrected chi connectivity index (χ2v) is 5.28. The molecule has 1 aromatic heterocycles. The van der Waals surface area contributed by atoms with E-state index < -0.39 is 11.4 Å². The second kappa shape index (κ2) is 5.81. The van der Waals surface area contributed by atoms with E-state index in [0.717, 1.165) is 0 Å². The minimum atomic E-state index is -1.14. The Morgan fingerprint density at radius 1 is 1.17 bits per heavy atom.